The summed E-state index contributed by atoms with van der Waals surface area (Å²) in [6, 6.07) is 6.71. The van der Waals surface area contributed by atoms with Gasteiger partial charge in [-0.3, -0.25) is 4.72 Å². The van der Waals surface area contributed by atoms with E-state index in [2.05, 4.69) is 4.72 Å². The van der Waals surface area contributed by atoms with Gasteiger partial charge in [0.05, 0.1) is 5.25 Å². The molecule has 104 valence electrons. The van der Waals surface area contributed by atoms with Gasteiger partial charge in [-0.1, -0.05) is 12.2 Å². The molecule has 0 saturated carbocycles. The highest BCUT2D eigenvalue weighted by atomic mass is 32.2. The Hall–Kier alpha value is -1.18. The predicted octanol–water partition coefficient (Wildman–Crippen LogP) is 1.24. The third-order valence-electron chi connectivity index (χ3n) is 3.04. The van der Waals surface area contributed by atoms with Gasteiger partial charge in [-0.25, -0.2) is 8.42 Å². The zero-order chi connectivity index (χ0) is 13.9. The lowest BCUT2D eigenvalue weighted by atomic mass is 10.2. The number of thiocarbonyl (C=S) groups is 1. The summed E-state index contributed by atoms with van der Waals surface area (Å²) >= 11 is 4.84. The number of ether oxygens (including phenoxy) is 1. The number of anilines is 1. The second-order valence-corrected chi connectivity index (χ2v) is 6.80. The van der Waals surface area contributed by atoms with E-state index in [1.165, 1.54) is 0 Å². The summed E-state index contributed by atoms with van der Waals surface area (Å²) in [6.07, 6.45) is 1.06. The maximum Gasteiger partial charge on any atom is 0.235 e. The lowest BCUT2D eigenvalue weighted by Crippen LogP contribution is -2.33. The van der Waals surface area contributed by atoms with Gasteiger partial charge in [0, 0.05) is 24.5 Å². The van der Waals surface area contributed by atoms with Crippen molar-refractivity contribution < 1.29 is 13.2 Å². The molecule has 2 rings (SSSR count). The molecule has 1 aromatic rings. The Kier molecular flexibility index (Phi) is 4.38. The van der Waals surface area contributed by atoms with E-state index in [1.54, 1.807) is 24.3 Å². The predicted molar refractivity (Wildman–Crippen MR) is 78.7 cm³/mol. The lowest BCUT2D eigenvalue weighted by Gasteiger charge is -2.22. The van der Waals surface area contributed by atoms with Crippen LogP contribution in [-0.2, 0) is 14.8 Å². The molecule has 1 aliphatic heterocycles. The number of hydrogen-bond donors (Lipinski definition) is 2. The Morgan fingerprint density at radius 1 is 1.26 bits per heavy atom. The van der Waals surface area contributed by atoms with E-state index in [-0.39, 0.29) is 0 Å². The van der Waals surface area contributed by atoms with Gasteiger partial charge in [0.2, 0.25) is 10.0 Å². The highest BCUT2D eigenvalue weighted by molar-refractivity contribution is 7.93. The van der Waals surface area contributed by atoms with Crippen molar-refractivity contribution in [1.82, 2.24) is 0 Å². The first-order valence-electron chi connectivity index (χ1n) is 5.98. The zero-order valence-electron chi connectivity index (χ0n) is 10.3. The third-order valence-corrected chi connectivity index (χ3v) is 5.14. The molecule has 7 heteroatoms. The Balaban J connectivity index is 2.09. The number of nitrogens with two attached hydrogens (primary N) is 1. The molecule has 1 aliphatic rings. The fraction of sp³-hybridized carbons (Fsp3) is 0.417. The van der Waals surface area contributed by atoms with Crippen LogP contribution in [0.2, 0.25) is 0 Å². The van der Waals surface area contributed by atoms with Gasteiger partial charge in [-0.15, -0.1) is 0 Å². The first-order chi connectivity index (χ1) is 8.99. The first-order valence-corrected chi connectivity index (χ1v) is 7.94. The van der Waals surface area contributed by atoms with Gasteiger partial charge in [0.15, 0.2) is 0 Å². The van der Waals surface area contributed by atoms with Crippen LogP contribution in [0.15, 0.2) is 24.3 Å². The van der Waals surface area contributed by atoms with Gasteiger partial charge in [0.1, 0.15) is 4.99 Å². The number of hydrogen-bond acceptors (Lipinski definition) is 4. The quantitative estimate of drug-likeness (QED) is 0.818. The van der Waals surface area contributed by atoms with Crippen LogP contribution in [0, 0.1) is 0 Å². The summed E-state index contributed by atoms with van der Waals surface area (Å²) < 4.78 is 32.1. The summed E-state index contributed by atoms with van der Waals surface area (Å²) in [5.41, 5.74) is 6.72. The molecule has 0 radical (unpaired) electrons. The molecule has 0 aromatic heterocycles. The fourth-order valence-corrected chi connectivity index (χ4v) is 3.52. The summed E-state index contributed by atoms with van der Waals surface area (Å²) in [5.74, 6) is 0. The molecule has 1 heterocycles. The number of nitrogens with one attached hydrogen (secondary N) is 1. The maximum absolute atomic E-state index is 12.2. The second kappa shape index (κ2) is 5.85. The highest BCUT2D eigenvalue weighted by Crippen LogP contribution is 2.19. The Morgan fingerprint density at radius 2 is 1.84 bits per heavy atom. The molecule has 0 amide bonds. The summed E-state index contributed by atoms with van der Waals surface area (Å²) in [5, 5.41) is -0.392. The number of benzene rings is 1. The van der Waals surface area contributed by atoms with Crippen molar-refractivity contribution >= 4 is 32.9 Å². The van der Waals surface area contributed by atoms with Crippen molar-refractivity contribution in [2.24, 2.45) is 5.73 Å². The first kappa shape index (κ1) is 14.2. The van der Waals surface area contributed by atoms with Crippen molar-refractivity contribution in [3.63, 3.8) is 0 Å². The minimum Gasteiger partial charge on any atom is -0.389 e. The van der Waals surface area contributed by atoms with Crippen LogP contribution in [0.25, 0.3) is 0 Å². The number of rotatable bonds is 4. The topological polar surface area (TPSA) is 81.4 Å². The van der Waals surface area contributed by atoms with Gasteiger partial charge in [-0.2, -0.15) is 0 Å². The molecule has 1 saturated heterocycles. The van der Waals surface area contributed by atoms with Crippen LogP contribution in [0.1, 0.15) is 18.4 Å². The van der Waals surface area contributed by atoms with E-state index in [0.29, 0.717) is 42.3 Å². The molecule has 0 spiro atoms. The van der Waals surface area contributed by atoms with Crippen molar-refractivity contribution in [3.8, 4) is 0 Å². The molecule has 3 N–H and O–H groups in total. The molecule has 0 unspecified atom stereocenters. The summed E-state index contributed by atoms with van der Waals surface area (Å²) in [7, 11) is -3.36. The molecule has 19 heavy (non-hydrogen) atoms. The SMILES string of the molecule is NC(=S)c1ccc(NS(=O)(=O)C2CCOCC2)cc1. The largest absolute Gasteiger partial charge is 0.389 e. The minimum absolute atomic E-state index is 0.291. The van der Waals surface area contributed by atoms with Crippen LogP contribution in [0.3, 0.4) is 0 Å². The molecular formula is C12H16N2O3S2. The minimum atomic E-state index is -3.36. The third kappa shape index (κ3) is 3.65. The fourth-order valence-electron chi connectivity index (χ4n) is 1.94. The van der Waals surface area contributed by atoms with Crippen LogP contribution in [0.4, 0.5) is 5.69 Å². The standard InChI is InChI=1S/C12H16N2O3S2/c13-12(18)9-1-3-10(4-2-9)14-19(15,16)11-5-7-17-8-6-11/h1-4,11,14H,5-8H2,(H2,13,18). The highest BCUT2D eigenvalue weighted by Gasteiger charge is 2.27. The van der Waals surface area contributed by atoms with Crippen LogP contribution in [-0.4, -0.2) is 31.9 Å². The van der Waals surface area contributed by atoms with E-state index in [9.17, 15) is 8.42 Å². The summed E-state index contributed by atoms with van der Waals surface area (Å²) in [6.45, 7) is 0.984. The summed E-state index contributed by atoms with van der Waals surface area (Å²) in [4.78, 5) is 0.291. The zero-order valence-corrected chi connectivity index (χ0v) is 12.0. The Morgan fingerprint density at radius 3 is 2.37 bits per heavy atom. The van der Waals surface area contributed by atoms with Gasteiger partial charge < -0.3 is 10.5 Å². The Bertz CT molecular complexity index is 549. The van der Waals surface area contributed by atoms with E-state index in [4.69, 9.17) is 22.7 Å². The Labute approximate surface area is 118 Å². The van der Waals surface area contributed by atoms with Crippen molar-refractivity contribution in [1.29, 1.82) is 0 Å². The van der Waals surface area contributed by atoms with Gasteiger partial charge in [-0.05, 0) is 37.1 Å². The number of sulfonamides is 1. The lowest BCUT2D eigenvalue weighted by molar-refractivity contribution is 0.0984. The smallest absolute Gasteiger partial charge is 0.235 e. The monoisotopic (exact) mass is 300 g/mol. The molecule has 1 fully saturated rings. The molecule has 1 aromatic carbocycles. The van der Waals surface area contributed by atoms with Gasteiger partial charge in [0.25, 0.3) is 0 Å². The van der Waals surface area contributed by atoms with Crippen molar-refractivity contribution in [2.75, 3.05) is 17.9 Å². The average molecular weight is 300 g/mol. The van der Waals surface area contributed by atoms with Gasteiger partial charge >= 0.3 is 0 Å². The van der Waals surface area contributed by atoms with Crippen molar-refractivity contribution in [3.05, 3.63) is 29.8 Å². The molecule has 0 bridgehead atoms. The van der Waals surface area contributed by atoms with Crippen molar-refractivity contribution in [2.45, 2.75) is 18.1 Å². The van der Waals surface area contributed by atoms with Crippen LogP contribution < -0.4 is 10.5 Å². The van der Waals surface area contributed by atoms with Crippen LogP contribution in [0.5, 0.6) is 0 Å². The molecular weight excluding hydrogens is 284 g/mol. The van der Waals surface area contributed by atoms with E-state index in [0.717, 1.165) is 0 Å². The van der Waals surface area contributed by atoms with Crippen LogP contribution >= 0.6 is 12.2 Å². The average Bonchev–Trinajstić information content (AvgIpc) is 2.40. The molecule has 0 aliphatic carbocycles. The van der Waals surface area contributed by atoms with E-state index < -0.39 is 15.3 Å². The normalized spacial score (nSPS) is 17.1. The van der Waals surface area contributed by atoms with E-state index in [1.807, 2.05) is 0 Å². The van der Waals surface area contributed by atoms with E-state index >= 15 is 0 Å². The molecule has 5 nitrogen and oxygen atoms in total. The second-order valence-electron chi connectivity index (χ2n) is 4.40. The maximum atomic E-state index is 12.2. The molecule has 0 atom stereocenters.